The van der Waals surface area contributed by atoms with Crippen LogP contribution in [0.1, 0.15) is 11.1 Å². The van der Waals surface area contributed by atoms with Gasteiger partial charge in [-0.2, -0.15) is 0 Å². The zero-order chi connectivity index (χ0) is 10.7. The lowest BCUT2D eigenvalue weighted by Crippen LogP contribution is -2.35. The highest BCUT2D eigenvalue weighted by Gasteiger charge is 2.19. The Labute approximate surface area is 88.0 Å². The predicted molar refractivity (Wildman–Crippen MR) is 53.7 cm³/mol. The molecule has 1 saturated heterocycles. The Balaban J connectivity index is 1.99. The summed E-state index contributed by atoms with van der Waals surface area (Å²) >= 11 is 0. The van der Waals surface area contributed by atoms with Crippen LogP contribution in [0.4, 0.5) is 4.39 Å². The van der Waals surface area contributed by atoms with E-state index in [2.05, 4.69) is 0 Å². The standard InChI is InChI=1S/C11H14FNO2/c12-10-2-1-8(9(3-10)4-13)5-15-11-6-14-7-11/h1-3,11H,4-7,13H2. The van der Waals surface area contributed by atoms with Crippen molar-refractivity contribution in [3.8, 4) is 0 Å². The molecule has 0 saturated carbocycles. The van der Waals surface area contributed by atoms with Crippen LogP contribution in [0.3, 0.4) is 0 Å². The van der Waals surface area contributed by atoms with Crippen LogP contribution in [0.25, 0.3) is 0 Å². The fourth-order valence-electron chi connectivity index (χ4n) is 1.44. The molecule has 2 rings (SSSR count). The molecule has 0 atom stereocenters. The maximum absolute atomic E-state index is 12.9. The second-order valence-corrected chi connectivity index (χ2v) is 3.59. The largest absolute Gasteiger partial charge is 0.376 e. The molecule has 0 radical (unpaired) electrons. The summed E-state index contributed by atoms with van der Waals surface area (Å²) < 4.78 is 23.4. The van der Waals surface area contributed by atoms with Crippen molar-refractivity contribution in [2.75, 3.05) is 13.2 Å². The van der Waals surface area contributed by atoms with E-state index in [0.29, 0.717) is 26.4 Å². The predicted octanol–water partition coefficient (Wildman–Crippen LogP) is 1.20. The van der Waals surface area contributed by atoms with Crippen molar-refractivity contribution in [3.63, 3.8) is 0 Å². The lowest BCUT2D eigenvalue weighted by atomic mass is 10.1. The van der Waals surface area contributed by atoms with Gasteiger partial charge in [0.25, 0.3) is 0 Å². The zero-order valence-corrected chi connectivity index (χ0v) is 8.41. The molecule has 1 aliphatic heterocycles. The molecule has 1 fully saturated rings. The maximum Gasteiger partial charge on any atom is 0.123 e. The fourth-order valence-corrected chi connectivity index (χ4v) is 1.44. The molecule has 3 nitrogen and oxygen atoms in total. The van der Waals surface area contributed by atoms with Gasteiger partial charge in [0.15, 0.2) is 0 Å². The van der Waals surface area contributed by atoms with Gasteiger partial charge >= 0.3 is 0 Å². The molecule has 0 unspecified atom stereocenters. The normalized spacial score (nSPS) is 16.4. The lowest BCUT2D eigenvalue weighted by Gasteiger charge is -2.26. The minimum Gasteiger partial charge on any atom is -0.376 e. The van der Waals surface area contributed by atoms with Crippen molar-refractivity contribution in [2.24, 2.45) is 5.73 Å². The highest BCUT2D eigenvalue weighted by atomic mass is 19.1. The molecule has 1 aliphatic rings. The van der Waals surface area contributed by atoms with Gasteiger partial charge in [-0.05, 0) is 23.3 Å². The van der Waals surface area contributed by atoms with Crippen LogP contribution in [0.5, 0.6) is 0 Å². The van der Waals surface area contributed by atoms with Crippen molar-refractivity contribution in [2.45, 2.75) is 19.3 Å². The molecule has 0 bridgehead atoms. The summed E-state index contributed by atoms with van der Waals surface area (Å²) in [5.74, 6) is -0.258. The Bertz CT molecular complexity index is 339. The van der Waals surface area contributed by atoms with Crippen molar-refractivity contribution in [1.29, 1.82) is 0 Å². The molecule has 2 N–H and O–H groups in total. The molecule has 1 aromatic carbocycles. The third-order valence-electron chi connectivity index (χ3n) is 2.47. The number of ether oxygens (including phenoxy) is 2. The third kappa shape index (κ3) is 2.53. The Morgan fingerprint density at radius 2 is 2.20 bits per heavy atom. The molecule has 82 valence electrons. The SMILES string of the molecule is NCc1cc(F)ccc1COC1COC1. The van der Waals surface area contributed by atoms with Crippen LogP contribution < -0.4 is 5.73 Å². The van der Waals surface area contributed by atoms with Gasteiger partial charge in [0.05, 0.1) is 19.8 Å². The van der Waals surface area contributed by atoms with Gasteiger partial charge in [0.1, 0.15) is 11.9 Å². The number of nitrogens with two attached hydrogens (primary N) is 1. The van der Waals surface area contributed by atoms with Gasteiger partial charge in [-0.3, -0.25) is 0 Å². The zero-order valence-electron chi connectivity index (χ0n) is 8.41. The maximum atomic E-state index is 12.9. The summed E-state index contributed by atoms with van der Waals surface area (Å²) in [6.45, 7) is 2.11. The summed E-state index contributed by atoms with van der Waals surface area (Å²) in [6, 6.07) is 4.60. The van der Waals surface area contributed by atoms with E-state index in [4.69, 9.17) is 15.2 Å². The smallest absolute Gasteiger partial charge is 0.123 e. The van der Waals surface area contributed by atoms with Crippen LogP contribution in [0, 0.1) is 5.82 Å². The first kappa shape index (κ1) is 10.5. The molecule has 0 amide bonds. The molecule has 0 aliphatic carbocycles. The first-order valence-corrected chi connectivity index (χ1v) is 4.96. The highest BCUT2D eigenvalue weighted by molar-refractivity contribution is 5.27. The van der Waals surface area contributed by atoms with Gasteiger partial charge in [0.2, 0.25) is 0 Å². The Hall–Kier alpha value is -0.970. The number of halogens is 1. The first-order chi connectivity index (χ1) is 7.29. The van der Waals surface area contributed by atoms with Crippen molar-refractivity contribution in [3.05, 3.63) is 35.1 Å². The summed E-state index contributed by atoms with van der Waals surface area (Å²) in [4.78, 5) is 0. The lowest BCUT2D eigenvalue weighted by molar-refractivity contribution is -0.135. The molecule has 0 aromatic heterocycles. The first-order valence-electron chi connectivity index (χ1n) is 4.96. The van der Waals surface area contributed by atoms with E-state index in [0.717, 1.165) is 11.1 Å². The van der Waals surface area contributed by atoms with Gasteiger partial charge in [-0.15, -0.1) is 0 Å². The van der Waals surface area contributed by atoms with Crippen molar-refractivity contribution < 1.29 is 13.9 Å². The quantitative estimate of drug-likeness (QED) is 0.813. The molecule has 4 heteroatoms. The topological polar surface area (TPSA) is 44.5 Å². The number of benzene rings is 1. The second kappa shape index (κ2) is 4.70. The minimum atomic E-state index is -0.258. The van der Waals surface area contributed by atoms with E-state index < -0.39 is 0 Å². The van der Waals surface area contributed by atoms with E-state index in [-0.39, 0.29) is 11.9 Å². The number of hydrogen-bond acceptors (Lipinski definition) is 3. The Morgan fingerprint density at radius 1 is 1.40 bits per heavy atom. The molecular weight excluding hydrogens is 197 g/mol. The molecule has 1 aromatic rings. The average molecular weight is 211 g/mol. The third-order valence-corrected chi connectivity index (χ3v) is 2.47. The Morgan fingerprint density at radius 3 is 2.80 bits per heavy atom. The van der Waals surface area contributed by atoms with E-state index in [1.165, 1.54) is 12.1 Å². The monoisotopic (exact) mass is 211 g/mol. The molecular formula is C11H14FNO2. The van der Waals surface area contributed by atoms with Gasteiger partial charge < -0.3 is 15.2 Å². The van der Waals surface area contributed by atoms with Gasteiger partial charge in [-0.25, -0.2) is 4.39 Å². The molecule has 0 spiro atoms. The summed E-state index contributed by atoms with van der Waals surface area (Å²) in [5.41, 5.74) is 7.28. The fraction of sp³-hybridized carbons (Fsp3) is 0.455. The van der Waals surface area contributed by atoms with Crippen LogP contribution in [-0.4, -0.2) is 19.3 Å². The van der Waals surface area contributed by atoms with E-state index in [1.54, 1.807) is 6.07 Å². The average Bonchev–Trinajstić information content (AvgIpc) is 2.17. The van der Waals surface area contributed by atoms with E-state index >= 15 is 0 Å². The molecule has 1 heterocycles. The summed E-state index contributed by atoms with van der Waals surface area (Å²) in [6.07, 6.45) is 0.181. The summed E-state index contributed by atoms with van der Waals surface area (Å²) in [5, 5.41) is 0. The summed E-state index contributed by atoms with van der Waals surface area (Å²) in [7, 11) is 0. The van der Waals surface area contributed by atoms with E-state index in [1.807, 2.05) is 0 Å². The van der Waals surface area contributed by atoms with Gasteiger partial charge in [0, 0.05) is 6.54 Å². The van der Waals surface area contributed by atoms with Crippen LogP contribution in [0.15, 0.2) is 18.2 Å². The number of rotatable bonds is 4. The number of hydrogen-bond donors (Lipinski definition) is 1. The molecule has 15 heavy (non-hydrogen) atoms. The van der Waals surface area contributed by atoms with Crippen molar-refractivity contribution in [1.82, 2.24) is 0 Å². The van der Waals surface area contributed by atoms with Gasteiger partial charge in [-0.1, -0.05) is 6.07 Å². The van der Waals surface area contributed by atoms with Crippen molar-refractivity contribution >= 4 is 0 Å². The van der Waals surface area contributed by atoms with Crippen LogP contribution in [-0.2, 0) is 22.6 Å². The minimum absolute atomic E-state index is 0.181. The Kier molecular flexibility index (Phi) is 3.30. The highest BCUT2D eigenvalue weighted by Crippen LogP contribution is 2.15. The second-order valence-electron chi connectivity index (χ2n) is 3.59. The van der Waals surface area contributed by atoms with E-state index in [9.17, 15) is 4.39 Å². The van der Waals surface area contributed by atoms with Crippen LogP contribution >= 0.6 is 0 Å². The van der Waals surface area contributed by atoms with Crippen LogP contribution in [0.2, 0.25) is 0 Å².